The maximum absolute atomic E-state index is 6.09. The largest absolute Gasteiger partial charge is 0.491 e. The molecule has 0 aliphatic carbocycles. The number of fused-ring (bicyclic) bond motifs is 1. The van der Waals surface area contributed by atoms with Crippen LogP contribution in [0.15, 0.2) is 12.1 Å². The molecule has 1 aromatic carbocycles. The number of aryl methyl sites for hydroxylation is 1. The van der Waals surface area contributed by atoms with Gasteiger partial charge < -0.3 is 15.4 Å². The van der Waals surface area contributed by atoms with Crippen LogP contribution in [0.5, 0.6) is 5.75 Å². The molecule has 104 valence electrons. The van der Waals surface area contributed by atoms with Crippen LogP contribution in [0.1, 0.15) is 35.4 Å². The van der Waals surface area contributed by atoms with Gasteiger partial charge in [-0.3, -0.25) is 0 Å². The molecular weight excluding hydrogens is 236 g/mol. The summed E-state index contributed by atoms with van der Waals surface area (Å²) in [4.78, 5) is 2.42. The third-order valence-electron chi connectivity index (χ3n) is 4.56. The van der Waals surface area contributed by atoms with Gasteiger partial charge >= 0.3 is 0 Å². The van der Waals surface area contributed by atoms with Gasteiger partial charge in [-0.2, -0.15) is 0 Å². The molecule has 3 nitrogen and oxygen atoms in total. The maximum atomic E-state index is 6.09. The summed E-state index contributed by atoms with van der Waals surface area (Å²) in [7, 11) is 2.21. The van der Waals surface area contributed by atoms with Gasteiger partial charge in [0.25, 0.3) is 0 Å². The van der Waals surface area contributed by atoms with E-state index in [1.807, 2.05) is 0 Å². The number of ether oxygens (including phenoxy) is 1. The number of benzene rings is 1. The minimum atomic E-state index is 0.152. The third-order valence-corrected chi connectivity index (χ3v) is 4.56. The van der Waals surface area contributed by atoms with Crippen LogP contribution in [-0.2, 0) is 6.42 Å². The highest BCUT2D eigenvalue weighted by molar-refractivity contribution is 5.49. The summed E-state index contributed by atoms with van der Waals surface area (Å²) < 4.78 is 5.88. The number of nitrogens with two attached hydrogens (primary N) is 1. The second-order valence-electron chi connectivity index (χ2n) is 6.13. The van der Waals surface area contributed by atoms with Crippen molar-refractivity contribution in [3.05, 3.63) is 28.8 Å². The van der Waals surface area contributed by atoms with Crippen molar-refractivity contribution in [1.82, 2.24) is 4.90 Å². The van der Waals surface area contributed by atoms with Crippen LogP contribution in [0.25, 0.3) is 0 Å². The second kappa shape index (κ2) is 5.14. The van der Waals surface area contributed by atoms with Crippen molar-refractivity contribution < 1.29 is 4.74 Å². The Bertz CT molecular complexity index is 464. The summed E-state index contributed by atoms with van der Waals surface area (Å²) in [6.07, 6.45) is 3.47. The molecular formula is C16H24N2O. The van der Waals surface area contributed by atoms with Crippen molar-refractivity contribution in [2.24, 2.45) is 5.73 Å². The Morgan fingerprint density at radius 3 is 2.74 bits per heavy atom. The van der Waals surface area contributed by atoms with Crippen molar-refractivity contribution >= 4 is 0 Å². The molecule has 1 fully saturated rings. The molecule has 19 heavy (non-hydrogen) atoms. The quantitative estimate of drug-likeness (QED) is 0.840. The molecule has 3 heteroatoms. The van der Waals surface area contributed by atoms with E-state index in [1.54, 1.807) is 0 Å². The van der Waals surface area contributed by atoms with E-state index in [0.717, 1.165) is 12.2 Å². The molecule has 0 spiro atoms. The summed E-state index contributed by atoms with van der Waals surface area (Å²) in [6.45, 7) is 5.18. The van der Waals surface area contributed by atoms with Gasteiger partial charge in [0.05, 0.1) is 0 Å². The zero-order valence-electron chi connectivity index (χ0n) is 12.0. The first kappa shape index (κ1) is 12.9. The van der Waals surface area contributed by atoms with Crippen LogP contribution in [0.2, 0.25) is 0 Å². The lowest BCUT2D eigenvalue weighted by Crippen LogP contribution is -2.35. The van der Waals surface area contributed by atoms with Crippen molar-refractivity contribution in [1.29, 1.82) is 0 Å². The normalized spacial score (nSPS) is 24.9. The molecule has 0 aromatic heterocycles. The topological polar surface area (TPSA) is 38.5 Å². The van der Waals surface area contributed by atoms with E-state index in [0.29, 0.717) is 12.5 Å². The van der Waals surface area contributed by atoms with Gasteiger partial charge in [0.15, 0.2) is 0 Å². The maximum Gasteiger partial charge on any atom is 0.125 e. The summed E-state index contributed by atoms with van der Waals surface area (Å²) >= 11 is 0. The van der Waals surface area contributed by atoms with Crippen molar-refractivity contribution in [3.63, 3.8) is 0 Å². The number of likely N-dealkylation sites (tertiary alicyclic amines) is 1. The summed E-state index contributed by atoms with van der Waals surface area (Å²) in [5, 5.41) is 0. The Balaban J connectivity index is 1.93. The van der Waals surface area contributed by atoms with Crippen molar-refractivity contribution in [2.45, 2.75) is 38.1 Å². The number of rotatable bonds is 1. The Kier molecular flexibility index (Phi) is 3.50. The zero-order valence-corrected chi connectivity index (χ0v) is 12.0. The van der Waals surface area contributed by atoms with E-state index >= 15 is 0 Å². The molecule has 2 heterocycles. The molecule has 3 rings (SSSR count). The average molecular weight is 260 g/mol. The molecule has 0 amide bonds. The first-order valence-electron chi connectivity index (χ1n) is 7.34. The lowest BCUT2D eigenvalue weighted by atomic mass is 9.83. The van der Waals surface area contributed by atoms with Gasteiger partial charge in [-0.05, 0) is 68.9 Å². The van der Waals surface area contributed by atoms with Gasteiger partial charge in [0.2, 0.25) is 0 Å². The summed E-state index contributed by atoms with van der Waals surface area (Å²) in [5.41, 5.74) is 10.2. The Labute approximate surface area is 115 Å². The van der Waals surface area contributed by atoms with Gasteiger partial charge in [0, 0.05) is 6.04 Å². The van der Waals surface area contributed by atoms with Crippen LogP contribution < -0.4 is 10.5 Å². The highest BCUT2D eigenvalue weighted by Gasteiger charge is 2.26. The van der Waals surface area contributed by atoms with Gasteiger partial charge in [-0.15, -0.1) is 0 Å². The molecule has 0 saturated carbocycles. The second-order valence-corrected chi connectivity index (χ2v) is 6.13. The predicted octanol–water partition coefficient (Wildman–Crippen LogP) is 2.07. The van der Waals surface area contributed by atoms with Crippen molar-refractivity contribution in [2.75, 3.05) is 26.7 Å². The molecule has 1 saturated heterocycles. The number of hydrogen-bond acceptors (Lipinski definition) is 3. The van der Waals surface area contributed by atoms with Gasteiger partial charge in [-0.1, -0.05) is 12.1 Å². The summed E-state index contributed by atoms with van der Waals surface area (Å²) in [6, 6.07) is 4.67. The van der Waals surface area contributed by atoms with E-state index in [9.17, 15) is 0 Å². The fraction of sp³-hybridized carbons (Fsp3) is 0.625. The first-order valence-corrected chi connectivity index (χ1v) is 7.34. The molecule has 0 bridgehead atoms. The lowest BCUT2D eigenvalue weighted by Gasteiger charge is -2.33. The van der Waals surface area contributed by atoms with E-state index in [-0.39, 0.29) is 6.04 Å². The standard InChI is InChI=1S/C16H24N2O/c1-11-3-4-14(12-5-7-18(2)8-6-12)15-9-13(17)10-19-16(11)15/h3-4,12-13H,5-10,17H2,1-2H3. The van der Waals surface area contributed by atoms with Crippen LogP contribution >= 0.6 is 0 Å². The smallest absolute Gasteiger partial charge is 0.125 e. The molecule has 2 aliphatic rings. The molecule has 0 radical (unpaired) electrons. The van der Waals surface area contributed by atoms with E-state index in [1.165, 1.54) is 42.6 Å². The zero-order chi connectivity index (χ0) is 13.4. The minimum Gasteiger partial charge on any atom is -0.491 e. The Morgan fingerprint density at radius 1 is 1.26 bits per heavy atom. The Hall–Kier alpha value is -1.06. The molecule has 1 atom stereocenters. The van der Waals surface area contributed by atoms with E-state index in [2.05, 4.69) is 31.0 Å². The molecule has 1 aromatic rings. The fourth-order valence-electron chi connectivity index (χ4n) is 3.39. The fourth-order valence-corrected chi connectivity index (χ4v) is 3.39. The monoisotopic (exact) mass is 260 g/mol. The highest BCUT2D eigenvalue weighted by Crippen LogP contribution is 2.38. The molecule has 1 unspecified atom stereocenters. The van der Waals surface area contributed by atoms with Gasteiger partial charge in [-0.25, -0.2) is 0 Å². The first-order chi connectivity index (χ1) is 9.15. The van der Waals surface area contributed by atoms with Crippen molar-refractivity contribution in [3.8, 4) is 5.75 Å². The van der Waals surface area contributed by atoms with E-state index in [4.69, 9.17) is 10.5 Å². The average Bonchev–Trinajstić information content (AvgIpc) is 2.40. The molecule has 2 aliphatic heterocycles. The summed E-state index contributed by atoms with van der Waals surface area (Å²) in [5.74, 6) is 1.79. The molecule has 2 N–H and O–H groups in total. The van der Waals surface area contributed by atoms with Crippen LogP contribution in [0.3, 0.4) is 0 Å². The number of hydrogen-bond donors (Lipinski definition) is 1. The highest BCUT2D eigenvalue weighted by atomic mass is 16.5. The predicted molar refractivity (Wildman–Crippen MR) is 77.8 cm³/mol. The van der Waals surface area contributed by atoms with Gasteiger partial charge in [0.1, 0.15) is 12.4 Å². The number of piperidine rings is 1. The Morgan fingerprint density at radius 2 is 2.00 bits per heavy atom. The van der Waals surface area contributed by atoms with Crippen LogP contribution in [-0.4, -0.2) is 37.7 Å². The third kappa shape index (κ3) is 2.49. The van der Waals surface area contributed by atoms with Crippen LogP contribution in [0, 0.1) is 6.92 Å². The number of nitrogens with zero attached hydrogens (tertiary/aromatic N) is 1. The SMILES string of the molecule is Cc1ccc(C2CCN(C)CC2)c2c1OCC(N)C2. The minimum absolute atomic E-state index is 0.152. The van der Waals surface area contributed by atoms with Crippen LogP contribution in [0.4, 0.5) is 0 Å². The van der Waals surface area contributed by atoms with E-state index < -0.39 is 0 Å². The lowest BCUT2D eigenvalue weighted by molar-refractivity contribution is 0.246.